The van der Waals surface area contributed by atoms with E-state index < -0.39 is 5.54 Å². The third-order valence-corrected chi connectivity index (χ3v) is 7.27. The fourth-order valence-electron chi connectivity index (χ4n) is 5.37. The predicted octanol–water partition coefficient (Wildman–Crippen LogP) is 4.55. The normalized spacial score (nSPS) is 23.1. The summed E-state index contributed by atoms with van der Waals surface area (Å²) in [6, 6.07) is 16.8. The summed E-state index contributed by atoms with van der Waals surface area (Å²) in [5, 5.41) is 1.13. The van der Waals surface area contributed by atoms with Crippen LogP contribution >= 0.6 is 0 Å². The van der Waals surface area contributed by atoms with Crippen LogP contribution in [0.5, 0.6) is 0 Å². The topological polar surface area (TPSA) is 56.4 Å². The average molecular weight is 430 g/mol. The summed E-state index contributed by atoms with van der Waals surface area (Å²) in [7, 11) is 0. The summed E-state index contributed by atoms with van der Waals surface area (Å²) in [6.45, 7) is 9.59. The van der Waals surface area contributed by atoms with E-state index in [1.54, 1.807) is 4.90 Å². The van der Waals surface area contributed by atoms with Crippen LogP contribution in [-0.4, -0.2) is 46.2 Å². The third-order valence-electron chi connectivity index (χ3n) is 7.27. The van der Waals surface area contributed by atoms with Crippen LogP contribution in [0.15, 0.2) is 48.5 Å². The number of hydrogen-bond donors (Lipinski definition) is 1. The van der Waals surface area contributed by atoms with Crippen LogP contribution in [0.3, 0.4) is 0 Å². The molecule has 2 aromatic carbocycles. The van der Waals surface area contributed by atoms with Crippen LogP contribution < -0.4 is 0 Å². The first kappa shape index (κ1) is 20.8. The lowest BCUT2D eigenvalue weighted by atomic mass is 9.76. The van der Waals surface area contributed by atoms with Crippen molar-refractivity contribution in [1.82, 2.24) is 14.8 Å². The largest absolute Gasteiger partial charge is 0.356 e. The number of carbonyl (C=O) groups excluding carboxylic acids is 2. The van der Waals surface area contributed by atoms with Crippen molar-refractivity contribution in [3.63, 3.8) is 0 Å². The first-order chi connectivity index (χ1) is 15.3. The highest BCUT2D eigenvalue weighted by molar-refractivity contribution is 6.01. The number of para-hydroxylation sites is 1. The molecule has 2 aliphatic heterocycles. The van der Waals surface area contributed by atoms with E-state index in [4.69, 9.17) is 0 Å². The summed E-state index contributed by atoms with van der Waals surface area (Å²) in [5.74, 6) is 0.545. The second-order valence-corrected chi connectivity index (χ2v) is 9.91. The molecule has 0 aliphatic carbocycles. The number of fused-ring (bicyclic) bond motifs is 5. The van der Waals surface area contributed by atoms with Crippen molar-refractivity contribution in [3.8, 4) is 0 Å². The van der Waals surface area contributed by atoms with Crippen LogP contribution in [0.25, 0.3) is 10.9 Å². The molecule has 2 amide bonds. The number of nitrogens with one attached hydrogen (secondary N) is 1. The zero-order valence-corrected chi connectivity index (χ0v) is 19.3. The number of amides is 2. The highest BCUT2D eigenvalue weighted by Crippen LogP contribution is 2.48. The van der Waals surface area contributed by atoms with Crippen LogP contribution in [0.4, 0.5) is 0 Å². The number of carbonyl (C=O) groups is 2. The number of aromatic amines is 1. The van der Waals surface area contributed by atoms with Gasteiger partial charge in [0.15, 0.2) is 5.54 Å². The molecule has 166 valence electrons. The molecule has 2 aliphatic rings. The van der Waals surface area contributed by atoms with E-state index in [2.05, 4.69) is 62.2 Å². The number of aromatic nitrogens is 1. The lowest BCUT2D eigenvalue weighted by Crippen LogP contribution is -2.67. The number of rotatable bonds is 4. The molecule has 3 heterocycles. The fourth-order valence-corrected chi connectivity index (χ4v) is 5.37. The summed E-state index contributed by atoms with van der Waals surface area (Å²) >= 11 is 0. The molecule has 1 fully saturated rings. The second kappa shape index (κ2) is 7.51. The van der Waals surface area contributed by atoms with Crippen LogP contribution in [0, 0.1) is 12.8 Å². The number of piperazine rings is 1. The van der Waals surface area contributed by atoms with E-state index in [9.17, 15) is 9.59 Å². The maximum Gasteiger partial charge on any atom is 0.254 e. The Morgan fingerprint density at radius 2 is 1.81 bits per heavy atom. The van der Waals surface area contributed by atoms with Gasteiger partial charge in [0.2, 0.25) is 5.91 Å². The Kier molecular flexibility index (Phi) is 4.88. The third kappa shape index (κ3) is 3.06. The Morgan fingerprint density at radius 3 is 2.53 bits per heavy atom. The van der Waals surface area contributed by atoms with Gasteiger partial charge in [0.25, 0.3) is 5.91 Å². The maximum atomic E-state index is 13.9. The highest BCUT2D eigenvalue weighted by atomic mass is 16.2. The van der Waals surface area contributed by atoms with Crippen molar-refractivity contribution in [1.29, 1.82) is 0 Å². The van der Waals surface area contributed by atoms with Gasteiger partial charge in [-0.3, -0.25) is 9.59 Å². The number of nitrogens with zero attached hydrogens (tertiary/aromatic N) is 2. The van der Waals surface area contributed by atoms with Crippen molar-refractivity contribution in [2.45, 2.75) is 45.6 Å². The number of hydrogen-bond acceptors (Lipinski definition) is 2. The van der Waals surface area contributed by atoms with E-state index in [0.717, 1.165) is 28.6 Å². The van der Waals surface area contributed by atoms with Crippen molar-refractivity contribution >= 4 is 22.7 Å². The predicted molar refractivity (Wildman–Crippen MR) is 126 cm³/mol. The minimum atomic E-state index is -1.01. The highest BCUT2D eigenvalue weighted by Gasteiger charge is 2.56. The molecule has 1 aromatic heterocycles. The van der Waals surface area contributed by atoms with Crippen molar-refractivity contribution < 1.29 is 9.59 Å². The van der Waals surface area contributed by atoms with Gasteiger partial charge in [0.1, 0.15) is 0 Å². The van der Waals surface area contributed by atoms with Crippen LogP contribution in [0.2, 0.25) is 0 Å². The van der Waals surface area contributed by atoms with E-state index in [0.29, 0.717) is 19.0 Å². The zero-order chi connectivity index (χ0) is 22.6. The summed E-state index contributed by atoms with van der Waals surface area (Å²) < 4.78 is 0. The lowest BCUT2D eigenvalue weighted by Gasteiger charge is -2.51. The van der Waals surface area contributed by atoms with Gasteiger partial charge in [-0.05, 0) is 43.4 Å². The maximum absolute atomic E-state index is 13.9. The fraction of sp³-hybridized carbons (Fsp3) is 0.407. The van der Waals surface area contributed by atoms with Gasteiger partial charge >= 0.3 is 0 Å². The molecule has 5 nitrogen and oxygen atoms in total. The molecular formula is C27H31N3O2. The molecule has 0 spiro atoms. The Bertz CT molecular complexity index is 1190. The van der Waals surface area contributed by atoms with Crippen molar-refractivity contribution in [3.05, 3.63) is 70.9 Å². The van der Waals surface area contributed by atoms with Gasteiger partial charge in [0, 0.05) is 29.9 Å². The molecule has 0 radical (unpaired) electrons. The molecular weight excluding hydrogens is 398 g/mol. The van der Waals surface area contributed by atoms with E-state index >= 15 is 0 Å². The lowest BCUT2D eigenvalue weighted by molar-refractivity contribution is -0.166. The van der Waals surface area contributed by atoms with E-state index in [1.807, 2.05) is 24.0 Å². The van der Waals surface area contributed by atoms with Crippen LogP contribution in [-0.2, 0) is 15.1 Å². The van der Waals surface area contributed by atoms with Gasteiger partial charge in [-0.25, -0.2) is 0 Å². The first-order valence-corrected chi connectivity index (χ1v) is 11.6. The Hall–Kier alpha value is -3.08. The van der Waals surface area contributed by atoms with Gasteiger partial charge < -0.3 is 14.8 Å². The molecule has 3 aromatic rings. The van der Waals surface area contributed by atoms with Crippen molar-refractivity contribution in [2.75, 3.05) is 19.6 Å². The van der Waals surface area contributed by atoms with Gasteiger partial charge in [-0.2, -0.15) is 0 Å². The number of benzene rings is 2. The monoisotopic (exact) mass is 429 g/mol. The summed E-state index contributed by atoms with van der Waals surface area (Å²) in [6.07, 6.45) is 0.890. The summed E-state index contributed by atoms with van der Waals surface area (Å²) in [5.41, 5.74) is 4.39. The first-order valence-electron chi connectivity index (χ1n) is 11.6. The zero-order valence-electron chi connectivity index (χ0n) is 19.3. The molecule has 0 saturated carbocycles. The van der Waals surface area contributed by atoms with Gasteiger partial charge in [-0.15, -0.1) is 0 Å². The second-order valence-electron chi connectivity index (χ2n) is 9.91. The number of H-pyrrole nitrogens is 1. The summed E-state index contributed by atoms with van der Waals surface area (Å²) in [4.78, 5) is 34.4. The van der Waals surface area contributed by atoms with E-state index in [1.165, 1.54) is 11.1 Å². The minimum Gasteiger partial charge on any atom is -0.356 e. The quantitative estimate of drug-likeness (QED) is 0.661. The Morgan fingerprint density at radius 1 is 1.09 bits per heavy atom. The smallest absolute Gasteiger partial charge is 0.254 e. The molecule has 5 rings (SSSR count). The molecule has 32 heavy (non-hydrogen) atoms. The molecule has 1 N–H and O–H groups in total. The molecule has 0 bridgehead atoms. The van der Waals surface area contributed by atoms with Crippen LogP contribution in [0.1, 0.15) is 55.5 Å². The van der Waals surface area contributed by atoms with E-state index in [-0.39, 0.29) is 24.3 Å². The van der Waals surface area contributed by atoms with Crippen molar-refractivity contribution in [2.24, 2.45) is 5.92 Å². The SMILES string of the molecule is Cc1ccc([C@H]2CN3C(=O)CN(CCC(C)C)C(=O)[C@]3(C)c3[nH]c4ccccc4c32)cc1. The molecule has 0 unspecified atom stereocenters. The Labute approximate surface area is 189 Å². The standard InChI is InChI=1S/C27H31N3O2/c1-17(2)13-14-29-16-23(31)30-15-21(19-11-9-18(3)10-12-19)24-20-7-5-6-8-22(20)28-25(24)27(30,4)26(29)32/h5-12,17,21,28H,13-16H2,1-4H3/t21-,27+/m1/s1. The van der Waals surface area contributed by atoms with Gasteiger partial charge in [-0.1, -0.05) is 61.9 Å². The molecule has 1 saturated heterocycles. The molecule has 2 atom stereocenters. The average Bonchev–Trinajstić information content (AvgIpc) is 3.17. The number of aryl methyl sites for hydroxylation is 1. The Balaban J connectivity index is 1.69. The molecule has 5 heteroatoms. The van der Waals surface area contributed by atoms with Gasteiger partial charge in [0.05, 0.1) is 12.2 Å². The minimum absolute atomic E-state index is 0.0212.